The lowest BCUT2D eigenvalue weighted by atomic mass is 9.93. The van der Waals surface area contributed by atoms with Crippen molar-refractivity contribution in [3.8, 4) is 34.4 Å². The number of nitrogens with one attached hydrogen (secondary N) is 1. The number of hydrogen-bond donors (Lipinski definition) is 3. The number of halogens is 1. The van der Waals surface area contributed by atoms with Gasteiger partial charge < -0.3 is 34.6 Å². The van der Waals surface area contributed by atoms with Crippen molar-refractivity contribution in [2.45, 2.75) is 52.6 Å². The molecule has 4 aromatic rings. The van der Waals surface area contributed by atoms with Gasteiger partial charge in [0.05, 0.1) is 29.8 Å². The minimum atomic E-state index is -0.977. The minimum Gasteiger partial charge on any atom is -0.493 e. The molecule has 256 valence electrons. The number of carboxylic acids is 1. The zero-order valence-electron chi connectivity index (χ0n) is 27.7. The quantitative estimate of drug-likeness (QED) is 0.120. The van der Waals surface area contributed by atoms with E-state index in [9.17, 15) is 15.2 Å². The van der Waals surface area contributed by atoms with Gasteiger partial charge in [0.25, 0.3) is 0 Å². The van der Waals surface area contributed by atoms with Gasteiger partial charge in [-0.05, 0) is 72.7 Å². The Morgan fingerprint density at radius 1 is 1.00 bits per heavy atom. The Hall–Kier alpha value is -4.66. The molecule has 11 heteroatoms. The number of aliphatic carboxylic acids is 1. The van der Waals surface area contributed by atoms with E-state index >= 15 is 0 Å². The summed E-state index contributed by atoms with van der Waals surface area (Å²) < 4.78 is 18.6. The fraction of sp³-hybridized carbons (Fsp3) is 0.342. The van der Waals surface area contributed by atoms with Crippen molar-refractivity contribution >= 4 is 17.6 Å². The Kier molecular flexibility index (Phi) is 12.5. The lowest BCUT2D eigenvalue weighted by Crippen LogP contribution is -2.24. The van der Waals surface area contributed by atoms with Gasteiger partial charge in [-0.1, -0.05) is 41.9 Å². The minimum absolute atomic E-state index is 0.140. The van der Waals surface area contributed by atoms with Crippen molar-refractivity contribution < 1.29 is 29.2 Å². The van der Waals surface area contributed by atoms with Gasteiger partial charge in [-0.3, -0.25) is 9.78 Å². The van der Waals surface area contributed by atoms with Crippen molar-refractivity contribution in [2.24, 2.45) is 0 Å². The van der Waals surface area contributed by atoms with E-state index in [0.717, 1.165) is 66.0 Å². The highest BCUT2D eigenvalue weighted by atomic mass is 35.5. The van der Waals surface area contributed by atoms with Gasteiger partial charge in [-0.25, -0.2) is 0 Å². The number of nitriles is 1. The smallest absolute Gasteiger partial charge is 0.317 e. The lowest BCUT2D eigenvalue weighted by Gasteiger charge is -2.18. The molecule has 1 saturated heterocycles. The lowest BCUT2D eigenvalue weighted by molar-refractivity contribution is -0.136. The van der Waals surface area contributed by atoms with Crippen LogP contribution in [0.4, 0.5) is 0 Å². The van der Waals surface area contributed by atoms with Crippen LogP contribution >= 0.6 is 11.6 Å². The first kappa shape index (κ1) is 35.6. The fourth-order valence-corrected chi connectivity index (χ4v) is 6.13. The number of hydrogen-bond acceptors (Lipinski definition) is 9. The predicted molar refractivity (Wildman–Crippen MR) is 187 cm³/mol. The number of aliphatic hydroxyl groups excluding tert-OH is 1. The number of likely N-dealkylation sites (tertiary alicyclic amines) is 1. The number of aromatic nitrogens is 1. The van der Waals surface area contributed by atoms with Gasteiger partial charge in [0.15, 0.2) is 0 Å². The van der Waals surface area contributed by atoms with Crippen LogP contribution < -0.4 is 19.5 Å². The van der Waals surface area contributed by atoms with E-state index < -0.39 is 5.97 Å². The van der Waals surface area contributed by atoms with Gasteiger partial charge in [-0.2, -0.15) is 5.26 Å². The zero-order chi connectivity index (χ0) is 34.8. The molecular weight excluding hydrogens is 644 g/mol. The number of ether oxygens (including phenoxy) is 3. The van der Waals surface area contributed by atoms with Crippen LogP contribution in [0.5, 0.6) is 17.2 Å². The number of benzene rings is 3. The van der Waals surface area contributed by atoms with Gasteiger partial charge in [-0.15, -0.1) is 0 Å². The number of rotatable bonds is 16. The number of pyridine rings is 1. The molecule has 1 atom stereocenters. The molecule has 0 bridgehead atoms. The standard InChI is InChI=1S/C38H41ClN4O6/c1-25-29(6-3-7-32(25)33-8-4-9-35(26(33)2)47-13-5-11-43-12-10-31(44)22-43)24-49-37-16-36(30(15-34(37)39)20-42-21-38(45)46)48-23-28-14-27(17-40)18-41-19-28/h3-4,6-9,14-16,18-19,31,42,44H,5,10-13,20-24H2,1-2H3,(H,45,46). The van der Waals surface area contributed by atoms with Gasteiger partial charge in [0.1, 0.15) is 36.5 Å². The molecule has 10 nitrogen and oxygen atoms in total. The average Bonchev–Trinajstić information content (AvgIpc) is 3.51. The summed E-state index contributed by atoms with van der Waals surface area (Å²) in [5, 5.41) is 31.3. The molecule has 0 saturated carbocycles. The molecule has 3 aromatic carbocycles. The Bertz CT molecular complexity index is 1810. The summed E-state index contributed by atoms with van der Waals surface area (Å²) in [6.07, 6.45) is 4.62. The second kappa shape index (κ2) is 17.1. The molecule has 5 rings (SSSR count). The molecular formula is C38H41ClN4O6. The van der Waals surface area contributed by atoms with Crippen LogP contribution in [0.1, 0.15) is 46.2 Å². The van der Waals surface area contributed by atoms with Crippen LogP contribution in [0, 0.1) is 25.2 Å². The van der Waals surface area contributed by atoms with E-state index in [1.807, 2.05) is 24.3 Å². The molecule has 1 aromatic heterocycles. The van der Waals surface area contributed by atoms with E-state index in [4.69, 9.17) is 30.9 Å². The van der Waals surface area contributed by atoms with Crippen LogP contribution in [-0.2, 0) is 24.6 Å². The highest BCUT2D eigenvalue weighted by molar-refractivity contribution is 6.32. The van der Waals surface area contributed by atoms with E-state index in [-0.39, 0.29) is 32.4 Å². The second-order valence-electron chi connectivity index (χ2n) is 12.1. The van der Waals surface area contributed by atoms with Gasteiger partial charge in [0.2, 0.25) is 0 Å². The Balaban J connectivity index is 1.29. The molecule has 0 radical (unpaired) electrons. The fourth-order valence-electron chi connectivity index (χ4n) is 5.89. The monoisotopic (exact) mass is 684 g/mol. The van der Waals surface area contributed by atoms with E-state index in [1.165, 1.54) is 6.20 Å². The maximum absolute atomic E-state index is 11.1. The number of β-amino-alcohol motifs (C(OH)–C–C–N with tert-alkyl or cyclic N) is 1. The summed E-state index contributed by atoms with van der Waals surface area (Å²) >= 11 is 6.67. The van der Waals surface area contributed by atoms with Crippen molar-refractivity contribution in [3.05, 3.63) is 105 Å². The predicted octanol–water partition coefficient (Wildman–Crippen LogP) is 6.06. The largest absolute Gasteiger partial charge is 0.493 e. The van der Waals surface area contributed by atoms with Crippen LogP contribution in [0.25, 0.3) is 11.1 Å². The molecule has 1 aliphatic rings. The molecule has 49 heavy (non-hydrogen) atoms. The number of nitrogens with zero attached hydrogens (tertiary/aromatic N) is 3. The first-order valence-electron chi connectivity index (χ1n) is 16.3. The third-order valence-corrected chi connectivity index (χ3v) is 8.85. The molecule has 1 fully saturated rings. The van der Waals surface area contributed by atoms with Crippen LogP contribution in [0.15, 0.2) is 67.0 Å². The molecule has 2 heterocycles. The summed E-state index contributed by atoms with van der Waals surface area (Å²) in [6, 6.07) is 19.4. The summed E-state index contributed by atoms with van der Waals surface area (Å²) in [5.74, 6) is 0.764. The highest BCUT2D eigenvalue weighted by Crippen LogP contribution is 2.36. The maximum Gasteiger partial charge on any atom is 0.317 e. The van der Waals surface area contributed by atoms with E-state index in [1.54, 1.807) is 24.4 Å². The number of carbonyl (C=O) groups is 1. The van der Waals surface area contributed by atoms with Crippen LogP contribution in [-0.4, -0.2) is 65.0 Å². The maximum atomic E-state index is 11.1. The molecule has 1 aliphatic heterocycles. The Morgan fingerprint density at radius 2 is 1.78 bits per heavy atom. The molecule has 0 spiro atoms. The van der Waals surface area contributed by atoms with E-state index in [0.29, 0.717) is 39.8 Å². The van der Waals surface area contributed by atoms with Crippen LogP contribution in [0.2, 0.25) is 5.02 Å². The second-order valence-corrected chi connectivity index (χ2v) is 12.5. The average molecular weight is 685 g/mol. The summed E-state index contributed by atoms with van der Waals surface area (Å²) in [5.41, 5.74) is 7.08. The SMILES string of the molecule is Cc1c(COc2cc(OCc3cncc(C#N)c3)c(CNCC(=O)O)cc2Cl)cccc1-c1cccc(OCCCN2CCC(O)C2)c1C. The van der Waals surface area contributed by atoms with E-state index in [2.05, 4.69) is 47.3 Å². The molecule has 1 unspecified atom stereocenters. The van der Waals surface area contributed by atoms with Crippen molar-refractivity contribution in [3.63, 3.8) is 0 Å². The van der Waals surface area contributed by atoms with Gasteiger partial charge >= 0.3 is 5.97 Å². The topological polar surface area (TPSA) is 137 Å². The number of carboxylic acid groups (broad SMARTS) is 1. The normalized spacial score (nSPS) is 14.4. The zero-order valence-corrected chi connectivity index (χ0v) is 28.5. The van der Waals surface area contributed by atoms with Crippen LogP contribution in [0.3, 0.4) is 0 Å². The number of aliphatic hydroxyl groups is 1. The summed E-state index contributed by atoms with van der Waals surface area (Å²) in [4.78, 5) is 17.4. The first-order valence-corrected chi connectivity index (χ1v) is 16.7. The molecule has 0 aliphatic carbocycles. The highest BCUT2D eigenvalue weighted by Gasteiger charge is 2.20. The molecule has 3 N–H and O–H groups in total. The Labute approximate surface area is 291 Å². The summed E-state index contributed by atoms with van der Waals surface area (Å²) in [7, 11) is 0. The molecule has 0 amide bonds. The van der Waals surface area contributed by atoms with Crippen molar-refractivity contribution in [2.75, 3.05) is 32.8 Å². The third kappa shape index (κ3) is 9.71. The first-order chi connectivity index (χ1) is 23.7. The van der Waals surface area contributed by atoms with Crippen molar-refractivity contribution in [1.82, 2.24) is 15.2 Å². The third-order valence-electron chi connectivity index (χ3n) is 8.55. The van der Waals surface area contributed by atoms with Gasteiger partial charge in [0, 0.05) is 55.8 Å². The van der Waals surface area contributed by atoms with Crippen molar-refractivity contribution in [1.29, 1.82) is 5.26 Å². The summed E-state index contributed by atoms with van der Waals surface area (Å²) in [6.45, 7) is 7.72. The Morgan fingerprint density at radius 3 is 2.53 bits per heavy atom.